The lowest BCUT2D eigenvalue weighted by Gasteiger charge is -2.29. The smallest absolute Gasteiger partial charge is 0.0139 e. The van der Waals surface area contributed by atoms with Crippen molar-refractivity contribution in [3.8, 4) is 0 Å². The Morgan fingerprint density at radius 2 is 1.85 bits per heavy atom. The Kier molecular flexibility index (Phi) is 7.29. The molecule has 0 radical (unpaired) electrons. The van der Waals surface area contributed by atoms with Gasteiger partial charge < -0.3 is 5.73 Å². The zero-order chi connectivity index (χ0) is 10.3. The standard InChI is InChI=1S/C11H26N2/c1-5-7-8-13(9-10(3)12)11(4)6-2/h10-11H,5-9,12H2,1-4H3. The Labute approximate surface area is 83.5 Å². The van der Waals surface area contributed by atoms with Gasteiger partial charge in [0.2, 0.25) is 0 Å². The van der Waals surface area contributed by atoms with Crippen LogP contribution in [0.15, 0.2) is 0 Å². The van der Waals surface area contributed by atoms with Crippen molar-refractivity contribution in [3.05, 3.63) is 0 Å². The summed E-state index contributed by atoms with van der Waals surface area (Å²) in [6, 6.07) is 0.975. The molecular formula is C11H26N2. The van der Waals surface area contributed by atoms with Crippen molar-refractivity contribution in [3.63, 3.8) is 0 Å². The van der Waals surface area contributed by atoms with Crippen LogP contribution in [-0.2, 0) is 0 Å². The van der Waals surface area contributed by atoms with Crippen LogP contribution in [0.2, 0.25) is 0 Å². The van der Waals surface area contributed by atoms with Crippen LogP contribution in [0.3, 0.4) is 0 Å². The van der Waals surface area contributed by atoms with Crippen molar-refractivity contribution in [2.45, 2.75) is 59.0 Å². The Bertz CT molecular complexity index is 113. The van der Waals surface area contributed by atoms with Gasteiger partial charge in [0.05, 0.1) is 0 Å². The molecule has 0 spiro atoms. The van der Waals surface area contributed by atoms with Gasteiger partial charge in [-0.2, -0.15) is 0 Å². The molecule has 2 heteroatoms. The van der Waals surface area contributed by atoms with E-state index in [4.69, 9.17) is 5.73 Å². The number of rotatable bonds is 7. The number of nitrogens with zero attached hydrogens (tertiary/aromatic N) is 1. The first-order chi connectivity index (χ1) is 6.11. The summed E-state index contributed by atoms with van der Waals surface area (Å²) in [5, 5.41) is 0. The van der Waals surface area contributed by atoms with Crippen LogP contribution < -0.4 is 5.73 Å². The first kappa shape index (κ1) is 12.9. The lowest BCUT2D eigenvalue weighted by molar-refractivity contribution is 0.192. The van der Waals surface area contributed by atoms with Gasteiger partial charge in [-0.15, -0.1) is 0 Å². The van der Waals surface area contributed by atoms with Gasteiger partial charge in [-0.05, 0) is 33.2 Å². The van der Waals surface area contributed by atoms with Gasteiger partial charge >= 0.3 is 0 Å². The van der Waals surface area contributed by atoms with Gasteiger partial charge in [-0.25, -0.2) is 0 Å². The van der Waals surface area contributed by atoms with E-state index in [2.05, 4.69) is 32.6 Å². The molecular weight excluding hydrogens is 160 g/mol. The molecule has 0 saturated heterocycles. The third-order valence-corrected chi connectivity index (χ3v) is 2.54. The van der Waals surface area contributed by atoms with Gasteiger partial charge in [-0.1, -0.05) is 20.3 Å². The molecule has 13 heavy (non-hydrogen) atoms. The fourth-order valence-electron chi connectivity index (χ4n) is 1.48. The molecule has 2 N–H and O–H groups in total. The number of hydrogen-bond acceptors (Lipinski definition) is 2. The van der Waals surface area contributed by atoms with Crippen molar-refractivity contribution in [2.24, 2.45) is 5.73 Å². The SMILES string of the molecule is CCCCN(CC(C)N)C(C)CC. The molecule has 0 fully saturated rings. The first-order valence-electron chi connectivity index (χ1n) is 5.61. The van der Waals surface area contributed by atoms with Crippen LogP contribution in [0, 0.1) is 0 Å². The highest BCUT2D eigenvalue weighted by Gasteiger charge is 2.12. The van der Waals surface area contributed by atoms with Crippen LogP contribution in [0.1, 0.15) is 47.0 Å². The molecule has 80 valence electrons. The number of hydrogen-bond donors (Lipinski definition) is 1. The van der Waals surface area contributed by atoms with E-state index < -0.39 is 0 Å². The quantitative estimate of drug-likeness (QED) is 0.660. The summed E-state index contributed by atoms with van der Waals surface area (Å²) in [6.45, 7) is 11.1. The van der Waals surface area contributed by atoms with Gasteiger partial charge in [0.15, 0.2) is 0 Å². The molecule has 0 amide bonds. The zero-order valence-corrected chi connectivity index (χ0v) is 9.71. The Balaban J connectivity index is 3.87. The zero-order valence-electron chi connectivity index (χ0n) is 9.71. The fourth-order valence-corrected chi connectivity index (χ4v) is 1.48. The van der Waals surface area contributed by atoms with Crippen molar-refractivity contribution in [1.82, 2.24) is 4.90 Å². The summed E-state index contributed by atoms with van der Waals surface area (Å²) in [4.78, 5) is 2.51. The van der Waals surface area contributed by atoms with Crippen molar-refractivity contribution in [2.75, 3.05) is 13.1 Å². The van der Waals surface area contributed by atoms with Crippen molar-refractivity contribution >= 4 is 0 Å². The molecule has 0 bridgehead atoms. The minimum absolute atomic E-state index is 0.297. The van der Waals surface area contributed by atoms with Gasteiger partial charge in [0.1, 0.15) is 0 Å². The highest BCUT2D eigenvalue weighted by molar-refractivity contribution is 4.69. The molecule has 0 aliphatic carbocycles. The minimum atomic E-state index is 0.297. The molecule has 2 nitrogen and oxygen atoms in total. The Hall–Kier alpha value is -0.0800. The molecule has 0 aromatic rings. The molecule has 0 aromatic heterocycles. The number of unbranched alkanes of at least 4 members (excludes halogenated alkanes) is 1. The molecule has 0 aliphatic heterocycles. The molecule has 0 aliphatic rings. The predicted octanol–water partition coefficient (Wildman–Crippen LogP) is 2.23. The highest BCUT2D eigenvalue weighted by Crippen LogP contribution is 2.05. The maximum absolute atomic E-state index is 5.82. The predicted molar refractivity (Wildman–Crippen MR) is 59.9 cm³/mol. The maximum atomic E-state index is 5.82. The molecule has 2 atom stereocenters. The van der Waals surface area contributed by atoms with E-state index in [0.29, 0.717) is 12.1 Å². The summed E-state index contributed by atoms with van der Waals surface area (Å²) < 4.78 is 0. The second kappa shape index (κ2) is 7.34. The Morgan fingerprint density at radius 1 is 1.23 bits per heavy atom. The van der Waals surface area contributed by atoms with Crippen molar-refractivity contribution in [1.29, 1.82) is 0 Å². The monoisotopic (exact) mass is 186 g/mol. The van der Waals surface area contributed by atoms with E-state index in [1.54, 1.807) is 0 Å². The summed E-state index contributed by atoms with van der Waals surface area (Å²) in [5.74, 6) is 0. The molecule has 0 saturated carbocycles. The van der Waals surface area contributed by atoms with E-state index in [1.807, 2.05) is 0 Å². The van der Waals surface area contributed by atoms with E-state index in [1.165, 1.54) is 25.8 Å². The molecule has 0 aromatic carbocycles. The third-order valence-electron chi connectivity index (χ3n) is 2.54. The van der Waals surface area contributed by atoms with Crippen LogP contribution >= 0.6 is 0 Å². The van der Waals surface area contributed by atoms with Gasteiger partial charge in [-0.3, -0.25) is 4.90 Å². The van der Waals surface area contributed by atoms with E-state index in [0.717, 1.165) is 6.54 Å². The maximum Gasteiger partial charge on any atom is 0.0139 e. The lowest BCUT2D eigenvalue weighted by Crippen LogP contribution is -2.41. The van der Waals surface area contributed by atoms with E-state index in [9.17, 15) is 0 Å². The first-order valence-corrected chi connectivity index (χ1v) is 5.61. The highest BCUT2D eigenvalue weighted by atomic mass is 15.2. The second-order valence-electron chi connectivity index (χ2n) is 4.08. The van der Waals surface area contributed by atoms with Gasteiger partial charge in [0, 0.05) is 18.6 Å². The topological polar surface area (TPSA) is 29.3 Å². The number of nitrogens with two attached hydrogens (primary N) is 1. The van der Waals surface area contributed by atoms with E-state index >= 15 is 0 Å². The normalized spacial score (nSPS) is 16.2. The molecule has 2 unspecified atom stereocenters. The second-order valence-corrected chi connectivity index (χ2v) is 4.08. The molecule has 0 heterocycles. The lowest BCUT2D eigenvalue weighted by atomic mass is 10.1. The average molecular weight is 186 g/mol. The van der Waals surface area contributed by atoms with Crippen LogP contribution in [-0.4, -0.2) is 30.1 Å². The van der Waals surface area contributed by atoms with E-state index in [-0.39, 0.29) is 0 Å². The van der Waals surface area contributed by atoms with Crippen LogP contribution in [0.5, 0.6) is 0 Å². The van der Waals surface area contributed by atoms with Crippen LogP contribution in [0.4, 0.5) is 0 Å². The Morgan fingerprint density at radius 3 is 2.23 bits per heavy atom. The average Bonchev–Trinajstić information content (AvgIpc) is 2.10. The fraction of sp³-hybridized carbons (Fsp3) is 1.00. The molecule has 0 rings (SSSR count). The summed E-state index contributed by atoms with van der Waals surface area (Å²) >= 11 is 0. The minimum Gasteiger partial charge on any atom is -0.327 e. The largest absolute Gasteiger partial charge is 0.327 e. The van der Waals surface area contributed by atoms with Gasteiger partial charge in [0.25, 0.3) is 0 Å². The third kappa shape index (κ3) is 6.05. The summed E-state index contributed by atoms with van der Waals surface area (Å²) in [6.07, 6.45) is 3.78. The summed E-state index contributed by atoms with van der Waals surface area (Å²) in [5.41, 5.74) is 5.82. The summed E-state index contributed by atoms with van der Waals surface area (Å²) in [7, 11) is 0. The van der Waals surface area contributed by atoms with Crippen LogP contribution in [0.25, 0.3) is 0 Å². The van der Waals surface area contributed by atoms with Crippen molar-refractivity contribution < 1.29 is 0 Å².